The fourth-order valence-corrected chi connectivity index (χ4v) is 9.11. The minimum Gasteiger partial charge on any atom is -0.497 e. The van der Waals surface area contributed by atoms with E-state index in [-0.39, 0.29) is 63.6 Å². The highest BCUT2D eigenvalue weighted by Crippen LogP contribution is 2.26. The van der Waals surface area contributed by atoms with E-state index in [1.807, 2.05) is 27.7 Å². The molecule has 20 nitrogen and oxygen atoms in total. The van der Waals surface area contributed by atoms with E-state index >= 15 is 4.79 Å². The summed E-state index contributed by atoms with van der Waals surface area (Å²) in [5, 5.41) is 27.7. The quantitative estimate of drug-likeness (QED) is 0.122. The number of aliphatic hydroxyl groups is 2. The first-order valence-corrected chi connectivity index (χ1v) is 25.3. The van der Waals surface area contributed by atoms with E-state index in [0.29, 0.717) is 24.2 Å². The Balaban J connectivity index is 2.20. The number of cyclic esters (lactones) is 1. The SMILES string of the molecule is COc1ccc(C[C@@H](C(=O)O[C@H](C)[C@H](NC(=O)[C@@H](CC(C)C)N(C)C(=O)[C@@H]2CCCN2C(=O)[C@H](C)O)C(=O)N2CCCCNC(=O)[C@@H](C)C(=O)[C@H](C(C)C)OC(=O)C[C@H](O)[C@H]2CC(C)C)N(C)C(C)=O)cc1. The molecule has 404 valence electrons. The van der Waals surface area contributed by atoms with Gasteiger partial charge in [0, 0.05) is 47.1 Å². The lowest BCUT2D eigenvalue weighted by atomic mass is 9.93. The van der Waals surface area contributed by atoms with Gasteiger partial charge < -0.3 is 54.7 Å². The topological polar surface area (TPSA) is 259 Å². The van der Waals surface area contributed by atoms with Gasteiger partial charge in [-0.3, -0.25) is 38.4 Å². The third kappa shape index (κ3) is 16.7. The van der Waals surface area contributed by atoms with Crippen LogP contribution in [0.3, 0.4) is 0 Å². The molecule has 2 aliphatic rings. The van der Waals surface area contributed by atoms with Crippen LogP contribution in [0.4, 0.5) is 0 Å². The molecule has 0 radical (unpaired) electrons. The lowest BCUT2D eigenvalue weighted by Gasteiger charge is -2.40. The number of rotatable bonds is 18. The van der Waals surface area contributed by atoms with Gasteiger partial charge in [-0.05, 0) is 94.7 Å². The Morgan fingerprint density at radius 2 is 1.49 bits per heavy atom. The van der Waals surface area contributed by atoms with Gasteiger partial charge in [-0.1, -0.05) is 53.7 Å². The Morgan fingerprint density at radius 1 is 0.861 bits per heavy atom. The molecule has 6 amide bonds. The molecule has 20 heteroatoms. The number of Topliss-reactive ketones (excluding diaryl/α,β-unsaturated/α-hetero) is 1. The van der Waals surface area contributed by atoms with Gasteiger partial charge in [0.15, 0.2) is 11.9 Å². The average Bonchev–Trinajstić information content (AvgIpc) is 3.81. The van der Waals surface area contributed by atoms with Crippen LogP contribution in [0.5, 0.6) is 5.75 Å². The Kier molecular flexibility index (Phi) is 23.6. The molecule has 1 aromatic carbocycles. The zero-order valence-corrected chi connectivity index (χ0v) is 44.7. The third-order valence-electron chi connectivity index (χ3n) is 13.5. The minimum atomic E-state index is -1.71. The van der Waals surface area contributed by atoms with E-state index in [2.05, 4.69) is 10.6 Å². The van der Waals surface area contributed by atoms with Crippen molar-refractivity contribution in [1.82, 2.24) is 30.2 Å². The molecule has 0 bridgehead atoms. The summed E-state index contributed by atoms with van der Waals surface area (Å²) >= 11 is 0. The summed E-state index contributed by atoms with van der Waals surface area (Å²) in [6.07, 6.45) is -4.82. The van der Waals surface area contributed by atoms with Gasteiger partial charge in [-0.2, -0.15) is 0 Å². The lowest BCUT2D eigenvalue weighted by Crippen LogP contribution is -2.62. The summed E-state index contributed by atoms with van der Waals surface area (Å²) in [5.74, 6) is -7.75. The number of ketones is 1. The molecule has 72 heavy (non-hydrogen) atoms. The highest BCUT2D eigenvalue weighted by Gasteiger charge is 2.44. The average molecular weight is 1020 g/mol. The molecule has 2 aliphatic heterocycles. The van der Waals surface area contributed by atoms with Gasteiger partial charge in [0.25, 0.3) is 5.91 Å². The molecule has 1 aromatic rings. The number of aliphatic hydroxyl groups excluding tert-OH is 2. The maximum absolute atomic E-state index is 15.6. The molecular weight excluding hydrogens is 933 g/mol. The number of likely N-dealkylation sites (N-methyl/N-ethyl adjacent to an activating group) is 2. The molecule has 0 saturated carbocycles. The van der Waals surface area contributed by atoms with Gasteiger partial charge >= 0.3 is 11.9 Å². The van der Waals surface area contributed by atoms with E-state index in [9.17, 15) is 48.6 Å². The largest absolute Gasteiger partial charge is 0.497 e. The lowest BCUT2D eigenvalue weighted by molar-refractivity contribution is -0.165. The van der Waals surface area contributed by atoms with Crippen LogP contribution in [-0.2, 0) is 59.0 Å². The van der Waals surface area contributed by atoms with Crippen LogP contribution >= 0.6 is 0 Å². The number of methoxy groups -OCH3 is 1. The van der Waals surface area contributed by atoms with Crippen molar-refractivity contribution >= 4 is 53.2 Å². The number of hydrogen-bond donors (Lipinski definition) is 4. The van der Waals surface area contributed by atoms with E-state index in [0.717, 1.165) is 0 Å². The van der Waals surface area contributed by atoms with E-state index in [4.69, 9.17) is 14.2 Å². The van der Waals surface area contributed by atoms with E-state index in [1.165, 1.54) is 68.5 Å². The molecule has 4 N–H and O–H groups in total. The second-order valence-corrected chi connectivity index (χ2v) is 20.6. The normalized spacial score (nSPS) is 22.6. The van der Waals surface area contributed by atoms with Crippen molar-refractivity contribution in [2.75, 3.05) is 40.8 Å². The second kappa shape index (κ2) is 28.0. The molecule has 3 rings (SSSR count). The van der Waals surface area contributed by atoms with E-state index in [1.54, 1.807) is 38.1 Å². The van der Waals surface area contributed by atoms with Crippen LogP contribution in [-0.4, -0.2) is 178 Å². The Morgan fingerprint density at radius 3 is 2.04 bits per heavy atom. The van der Waals surface area contributed by atoms with Crippen molar-refractivity contribution in [3.8, 4) is 5.75 Å². The first-order chi connectivity index (χ1) is 33.7. The smallest absolute Gasteiger partial charge is 0.329 e. The van der Waals surface area contributed by atoms with Crippen LogP contribution < -0.4 is 15.4 Å². The van der Waals surface area contributed by atoms with Crippen LogP contribution in [0, 0.1) is 23.7 Å². The molecule has 0 unspecified atom stereocenters. The molecule has 2 saturated heterocycles. The van der Waals surface area contributed by atoms with Gasteiger partial charge in [-0.15, -0.1) is 0 Å². The van der Waals surface area contributed by atoms with Crippen molar-refractivity contribution in [2.24, 2.45) is 23.7 Å². The fourth-order valence-electron chi connectivity index (χ4n) is 9.11. The van der Waals surface area contributed by atoms with Crippen molar-refractivity contribution < 1.29 is 67.6 Å². The summed E-state index contributed by atoms with van der Waals surface area (Å²) < 4.78 is 17.1. The number of hydrogen-bond acceptors (Lipinski definition) is 14. The number of nitrogens with zero attached hydrogens (tertiary/aromatic N) is 4. The number of esters is 2. The number of carbonyl (C=O) groups is 9. The van der Waals surface area contributed by atoms with Gasteiger partial charge in [0.2, 0.25) is 29.5 Å². The highest BCUT2D eigenvalue weighted by molar-refractivity contribution is 6.03. The molecule has 2 heterocycles. The Labute approximate surface area is 425 Å². The first-order valence-electron chi connectivity index (χ1n) is 25.3. The molecular formula is C52H82N6O14. The zero-order valence-electron chi connectivity index (χ0n) is 44.7. The molecule has 10 atom stereocenters. The number of amides is 6. The summed E-state index contributed by atoms with van der Waals surface area (Å²) in [5.41, 5.74) is 0.653. The standard InChI is InChI=1S/C52H82N6O14/c1-29(2)25-39-42(61)28-43(62)72-46(31(5)6)45(63)32(7)47(64)53-22-14-15-23-58(39)51(68)44(34(9)71-52(69)41(55(11)35(10)60)27-36-18-20-37(70-13)21-19-36)54-48(65)40(26-30(3)4)56(12)50(67)38-17-16-24-57(38)49(66)33(8)59/h18-21,29-34,38-42,44,46,59,61H,14-17,22-28H2,1-13H3,(H,53,64)(H,54,65)/t32-,33-,34+,38-,39+,40+,41-,42-,44-,46-/m0/s1. The number of benzene rings is 1. The van der Waals surface area contributed by atoms with Gasteiger partial charge in [-0.25, -0.2) is 4.79 Å². The van der Waals surface area contributed by atoms with Crippen LogP contribution in [0.25, 0.3) is 0 Å². The molecule has 0 aliphatic carbocycles. The van der Waals surface area contributed by atoms with Crippen LogP contribution in [0.1, 0.15) is 120 Å². The maximum Gasteiger partial charge on any atom is 0.329 e. The fraction of sp³-hybridized carbons (Fsp3) is 0.712. The maximum atomic E-state index is 15.6. The van der Waals surface area contributed by atoms with Crippen molar-refractivity contribution in [3.05, 3.63) is 29.8 Å². The summed E-state index contributed by atoms with van der Waals surface area (Å²) in [6, 6.07) is 0.629. The number of nitrogens with one attached hydrogen (secondary N) is 2. The summed E-state index contributed by atoms with van der Waals surface area (Å²) in [4.78, 5) is 130. The Bertz CT molecular complexity index is 2050. The predicted molar refractivity (Wildman–Crippen MR) is 266 cm³/mol. The molecule has 0 aromatic heterocycles. The molecule has 0 spiro atoms. The van der Waals surface area contributed by atoms with Crippen LogP contribution in [0.2, 0.25) is 0 Å². The monoisotopic (exact) mass is 1010 g/mol. The second-order valence-electron chi connectivity index (χ2n) is 20.6. The van der Waals surface area contributed by atoms with Crippen LogP contribution in [0.15, 0.2) is 24.3 Å². The molecule has 2 fully saturated rings. The minimum absolute atomic E-state index is 0.000819. The highest BCUT2D eigenvalue weighted by atomic mass is 16.6. The number of ether oxygens (including phenoxy) is 3. The zero-order chi connectivity index (χ0) is 54.3. The summed E-state index contributed by atoms with van der Waals surface area (Å²) in [7, 11) is 4.37. The number of likely N-dealkylation sites (tertiary alicyclic amines) is 1. The number of carbonyl (C=O) groups excluding carboxylic acids is 9. The van der Waals surface area contributed by atoms with E-state index < -0.39 is 126 Å². The van der Waals surface area contributed by atoms with Gasteiger partial charge in [0.1, 0.15) is 42.1 Å². The van der Waals surface area contributed by atoms with Crippen molar-refractivity contribution in [1.29, 1.82) is 0 Å². The first kappa shape index (κ1) is 60.7. The van der Waals surface area contributed by atoms with Crippen molar-refractivity contribution in [3.63, 3.8) is 0 Å². The Hall–Kier alpha value is -5.63. The van der Waals surface area contributed by atoms with Gasteiger partial charge in [0.05, 0.1) is 31.6 Å². The summed E-state index contributed by atoms with van der Waals surface area (Å²) in [6.45, 7) is 16.4. The predicted octanol–water partition coefficient (Wildman–Crippen LogP) is 2.42. The third-order valence-corrected chi connectivity index (χ3v) is 13.5. The van der Waals surface area contributed by atoms with Crippen molar-refractivity contribution in [2.45, 2.75) is 175 Å².